The molecule has 0 heterocycles. The number of halogens is 2. The van der Waals surface area contributed by atoms with Gasteiger partial charge >= 0.3 is 6.03 Å². The summed E-state index contributed by atoms with van der Waals surface area (Å²) >= 11 is 12.8. The average molecular weight is 537 g/mol. The van der Waals surface area contributed by atoms with E-state index in [1.165, 1.54) is 5.56 Å². The van der Waals surface area contributed by atoms with Crippen molar-refractivity contribution in [3.63, 3.8) is 0 Å². The fourth-order valence-corrected chi connectivity index (χ4v) is 5.03. The van der Waals surface area contributed by atoms with Crippen molar-refractivity contribution in [2.45, 2.75) is 58.3 Å². The molecule has 0 saturated carbocycles. The smallest absolute Gasteiger partial charge is 0.315 e. The van der Waals surface area contributed by atoms with Crippen LogP contribution in [0.4, 0.5) is 10.5 Å². The van der Waals surface area contributed by atoms with Gasteiger partial charge in [-0.15, -0.1) is 0 Å². The quantitative estimate of drug-likeness (QED) is 0.186. The van der Waals surface area contributed by atoms with Gasteiger partial charge in [0.1, 0.15) is 0 Å². The van der Waals surface area contributed by atoms with Crippen LogP contribution in [0.5, 0.6) is 0 Å². The van der Waals surface area contributed by atoms with Gasteiger partial charge in [0.2, 0.25) is 0 Å². The number of benzene rings is 2. The molecule has 2 aromatic carbocycles. The van der Waals surface area contributed by atoms with Gasteiger partial charge in [0.05, 0.1) is 27.3 Å². The number of aryl methyl sites for hydroxylation is 1. The average Bonchev–Trinajstić information content (AvgIpc) is 3.23. The molecule has 1 unspecified atom stereocenters. The zero-order chi connectivity index (χ0) is 26.2. The SMILES string of the molecule is CC(C)CCNc1ccc(Cl)c(C(=O)CC[C@@H](CNC(=O)NC2CCc3ccccc32)C(O)O)c1Cl. The lowest BCUT2D eigenvalue weighted by Crippen LogP contribution is -2.42. The Labute approximate surface area is 222 Å². The predicted molar refractivity (Wildman–Crippen MR) is 144 cm³/mol. The number of anilines is 1. The van der Waals surface area contributed by atoms with Crippen molar-refractivity contribution in [1.82, 2.24) is 10.6 Å². The molecule has 2 amide bonds. The number of carbonyl (C=O) groups is 2. The van der Waals surface area contributed by atoms with Gasteiger partial charge in [-0.2, -0.15) is 0 Å². The van der Waals surface area contributed by atoms with Crippen LogP contribution >= 0.6 is 23.2 Å². The molecule has 1 aliphatic carbocycles. The predicted octanol–water partition coefficient (Wildman–Crippen LogP) is 5.33. The van der Waals surface area contributed by atoms with Gasteiger partial charge in [0.25, 0.3) is 0 Å². The fraction of sp³-hybridized carbons (Fsp3) is 0.481. The molecule has 9 heteroatoms. The van der Waals surface area contributed by atoms with Gasteiger partial charge in [-0.1, -0.05) is 61.3 Å². The van der Waals surface area contributed by atoms with Crippen LogP contribution in [0.2, 0.25) is 10.0 Å². The molecule has 2 aromatic rings. The third kappa shape index (κ3) is 7.59. The summed E-state index contributed by atoms with van der Waals surface area (Å²) in [6.45, 7) is 4.96. The molecule has 7 nitrogen and oxygen atoms in total. The second kappa shape index (κ2) is 13.3. The third-order valence-electron chi connectivity index (χ3n) is 6.53. The minimum Gasteiger partial charge on any atom is -0.384 e. The van der Waals surface area contributed by atoms with Gasteiger partial charge < -0.3 is 26.2 Å². The molecule has 196 valence electrons. The molecule has 0 fully saturated rings. The monoisotopic (exact) mass is 535 g/mol. The lowest BCUT2D eigenvalue weighted by atomic mass is 9.97. The molecule has 0 bridgehead atoms. The first-order chi connectivity index (χ1) is 17.2. The van der Waals surface area contributed by atoms with Crippen molar-refractivity contribution in [2.75, 3.05) is 18.4 Å². The van der Waals surface area contributed by atoms with E-state index < -0.39 is 12.2 Å². The van der Waals surface area contributed by atoms with Crippen LogP contribution in [0.1, 0.15) is 67.1 Å². The Kier molecular flexibility index (Phi) is 10.4. The van der Waals surface area contributed by atoms with Crippen LogP contribution in [0.25, 0.3) is 0 Å². The Morgan fingerprint density at radius 3 is 2.56 bits per heavy atom. The molecule has 0 aliphatic heterocycles. The number of hydrogen-bond acceptors (Lipinski definition) is 5. The van der Waals surface area contributed by atoms with Crippen molar-refractivity contribution in [2.24, 2.45) is 11.8 Å². The second-order valence-electron chi connectivity index (χ2n) is 9.67. The number of hydrogen-bond donors (Lipinski definition) is 5. The molecule has 0 aromatic heterocycles. The first-order valence-corrected chi connectivity index (χ1v) is 13.2. The number of ketones is 1. The minimum absolute atomic E-state index is 0.00338. The van der Waals surface area contributed by atoms with Crippen molar-refractivity contribution in [3.05, 3.63) is 63.1 Å². The maximum atomic E-state index is 13.0. The third-order valence-corrected chi connectivity index (χ3v) is 7.24. The number of fused-ring (bicyclic) bond motifs is 1. The summed E-state index contributed by atoms with van der Waals surface area (Å²) in [6, 6.07) is 10.9. The number of amides is 2. The summed E-state index contributed by atoms with van der Waals surface area (Å²) in [4.78, 5) is 25.4. The number of urea groups is 1. The topological polar surface area (TPSA) is 111 Å². The van der Waals surface area contributed by atoms with E-state index in [4.69, 9.17) is 23.2 Å². The maximum absolute atomic E-state index is 13.0. The molecule has 36 heavy (non-hydrogen) atoms. The van der Waals surface area contributed by atoms with E-state index in [0.29, 0.717) is 18.2 Å². The summed E-state index contributed by atoms with van der Waals surface area (Å²) in [6.07, 6.45) is 1.12. The van der Waals surface area contributed by atoms with E-state index in [9.17, 15) is 19.8 Å². The summed E-state index contributed by atoms with van der Waals surface area (Å²) in [5.74, 6) is -0.508. The van der Waals surface area contributed by atoms with Crippen LogP contribution in [-0.4, -0.2) is 41.4 Å². The van der Waals surface area contributed by atoms with Gasteiger partial charge in [0.15, 0.2) is 12.1 Å². The van der Waals surface area contributed by atoms with E-state index in [1.54, 1.807) is 12.1 Å². The number of aliphatic hydroxyl groups excluding tert-OH is 1. The Morgan fingerprint density at radius 2 is 1.83 bits per heavy atom. The van der Waals surface area contributed by atoms with Gasteiger partial charge in [-0.05, 0) is 54.9 Å². The van der Waals surface area contributed by atoms with Crippen LogP contribution in [0.3, 0.4) is 0 Å². The molecular weight excluding hydrogens is 501 g/mol. The summed E-state index contributed by atoms with van der Waals surface area (Å²) in [5.41, 5.74) is 3.17. The van der Waals surface area contributed by atoms with E-state index in [2.05, 4.69) is 35.9 Å². The zero-order valence-corrected chi connectivity index (χ0v) is 22.2. The first kappa shape index (κ1) is 28.3. The summed E-state index contributed by atoms with van der Waals surface area (Å²) < 4.78 is 0. The Hall–Kier alpha value is -2.32. The highest BCUT2D eigenvalue weighted by molar-refractivity contribution is 6.41. The molecule has 0 radical (unpaired) electrons. The van der Waals surface area contributed by atoms with Crippen LogP contribution in [-0.2, 0) is 6.42 Å². The lowest BCUT2D eigenvalue weighted by molar-refractivity contribution is -0.0839. The van der Waals surface area contributed by atoms with Gasteiger partial charge in [-0.25, -0.2) is 4.79 Å². The number of aliphatic hydroxyl groups is 2. The van der Waals surface area contributed by atoms with Crippen molar-refractivity contribution < 1.29 is 19.8 Å². The van der Waals surface area contributed by atoms with E-state index >= 15 is 0 Å². The van der Waals surface area contributed by atoms with Crippen molar-refractivity contribution >= 4 is 40.7 Å². The Morgan fingerprint density at radius 1 is 1.08 bits per heavy atom. The number of carbonyl (C=O) groups excluding carboxylic acids is 2. The minimum atomic E-state index is -1.69. The number of rotatable bonds is 12. The molecule has 3 rings (SSSR count). The highest BCUT2D eigenvalue weighted by Crippen LogP contribution is 2.34. The van der Waals surface area contributed by atoms with Gasteiger partial charge in [-0.3, -0.25) is 4.79 Å². The molecule has 1 aliphatic rings. The maximum Gasteiger partial charge on any atom is 0.315 e. The van der Waals surface area contributed by atoms with Crippen LogP contribution in [0, 0.1) is 11.8 Å². The Balaban J connectivity index is 1.54. The molecular formula is C27H35Cl2N3O4. The van der Waals surface area contributed by atoms with Gasteiger partial charge in [0, 0.05) is 25.4 Å². The largest absolute Gasteiger partial charge is 0.384 e. The normalized spacial score (nSPS) is 15.6. The van der Waals surface area contributed by atoms with E-state index in [1.807, 2.05) is 18.2 Å². The second-order valence-corrected chi connectivity index (χ2v) is 10.5. The van der Waals surface area contributed by atoms with Crippen LogP contribution < -0.4 is 16.0 Å². The standard InChI is InChI=1S/C27H35Cl2N3O4/c1-16(2)13-14-30-22-11-9-20(28)24(25(22)29)23(33)12-8-18(26(34)35)15-31-27(36)32-21-10-7-17-5-3-4-6-19(17)21/h3-6,9,11,16,18,21,26,30,34-35H,7-8,10,12-15H2,1-2H3,(H2,31,32,36)/t18-,21?/m0/s1. The summed E-state index contributed by atoms with van der Waals surface area (Å²) in [5, 5.41) is 29.0. The van der Waals surface area contributed by atoms with E-state index in [-0.39, 0.29) is 52.9 Å². The Bertz CT molecular complexity index is 1060. The highest BCUT2D eigenvalue weighted by Gasteiger charge is 2.25. The first-order valence-electron chi connectivity index (χ1n) is 12.4. The molecule has 0 spiro atoms. The molecule has 2 atom stereocenters. The lowest BCUT2D eigenvalue weighted by Gasteiger charge is -2.21. The number of nitrogens with one attached hydrogen (secondary N) is 3. The molecule has 5 N–H and O–H groups in total. The zero-order valence-electron chi connectivity index (χ0n) is 20.7. The van der Waals surface area contributed by atoms with Crippen LogP contribution in [0.15, 0.2) is 36.4 Å². The summed E-state index contributed by atoms with van der Waals surface area (Å²) in [7, 11) is 0. The van der Waals surface area contributed by atoms with Crippen molar-refractivity contribution in [3.8, 4) is 0 Å². The molecule has 0 saturated heterocycles. The van der Waals surface area contributed by atoms with E-state index in [0.717, 1.165) is 24.8 Å². The fourth-order valence-electron chi connectivity index (χ4n) is 4.38. The number of Topliss-reactive ketones (excluding diaryl/α,β-unsaturated/α-hetero) is 1. The van der Waals surface area contributed by atoms with Crippen molar-refractivity contribution in [1.29, 1.82) is 0 Å². The highest BCUT2D eigenvalue weighted by atomic mass is 35.5.